The molecule has 0 amide bonds. The molecule has 1 heterocycles. The van der Waals surface area contributed by atoms with Crippen LogP contribution in [0.5, 0.6) is 0 Å². The first kappa shape index (κ1) is 13.9. The van der Waals surface area contributed by atoms with Gasteiger partial charge in [-0.3, -0.25) is 10.1 Å². The summed E-state index contributed by atoms with van der Waals surface area (Å²) in [7, 11) is 1.59. The lowest BCUT2D eigenvalue weighted by Crippen LogP contribution is -2.01. The number of anilines is 2. The van der Waals surface area contributed by atoms with E-state index in [1.54, 1.807) is 31.4 Å². The van der Waals surface area contributed by atoms with Crippen LogP contribution < -0.4 is 5.32 Å². The van der Waals surface area contributed by atoms with E-state index in [1.807, 2.05) is 0 Å². The molecule has 2 rings (SSSR count). The predicted octanol–water partition coefficient (Wildman–Crippen LogP) is 3.02. The summed E-state index contributed by atoms with van der Waals surface area (Å²) in [6.45, 7) is 0.471. The normalized spacial score (nSPS) is 10.3. The number of pyridine rings is 1. The van der Waals surface area contributed by atoms with E-state index < -0.39 is 10.9 Å². The Hall–Kier alpha value is -2.54. The summed E-state index contributed by atoms with van der Waals surface area (Å²) in [4.78, 5) is 13.7. The van der Waals surface area contributed by atoms with E-state index in [4.69, 9.17) is 4.74 Å². The fourth-order valence-corrected chi connectivity index (χ4v) is 1.65. The van der Waals surface area contributed by atoms with Gasteiger partial charge in [-0.25, -0.2) is 0 Å². The highest BCUT2D eigenvalue weighted by atomic mass is 19.1. The van der Waals surface area contributed by atoms with Crippen molar-refractivity contribution in [1.82, 2.24) is 4.98 Å². The van der Waals surface area contributed by atoms with E-state index in [-0.39, 0.29) is 11.5 Å². The number of nitrogens with zero attached hydrogens (tertiary/aromatic N) is 2. The zero-order chi connectivity index (χ0) is 14.5. The number of benzene rings is 1. The monoisotopic (exact) mass is 277 g/mol. The van der Waals surface area contributed by atoms with Crippen molar-refractivity contribution in [2.45, 2.75) is 6.61 Å². The lowest BCUT2D eigenvalue weighted by Gasteiger charge is -2.07. The zero-order valence-electron chi connectivity index (χ0n) is 10.7. The second-order valence-electron chi connectivity index (χ2n) is 4.01. The van der Waals surface area contributed by atoms with Gasteiger partial charge in [0.1, 0.15) is 0 Å². The third-order valence-corrected chi connectivity index (χ3v) is 2.56. The molecule has 1 aromatic carbocycles. The minimum Gasteiger partial charge on any atom is -0.380 e. The number of hydrogen-bond donors (Lipinski definition) is 1. The van der Waals surface area contributed by atoms with Crippen LogP contribution in [0, 0.1) is 16.1 Å². The summed E-state index contributed by atoms with van der Waals surface area (Å²) in [6, 6.07) is 9.05. The average Bonchev–Trinajstić information content (AvgIpc) is 2.41. The fourth-order valence-electron chi connectivity index (χ4n) is 1.65. The maximum absolute atomic E-state index is 13.1. The molecule has 0 aliphatic heterocycles. The summed E-state index contributed by atoms with van der Waals surface area (Å²) in [5, 5.41) is 13.6. The van der Waals surface area contributed by atoms with Crippen molar-refractivity contribution in [3.8, 4) is 0 Å². The number of nitrogens with one attached hydrogen (secondary N) is 1. The number of nitro groups is 1. The molecule has 0 unspecified atom stereocenters. The molecular formula is C13H12FN3O3. The molecule has 0 aliphatic carbocycles. The fraction of sp³-hybridized carbons (Fsp3) is 0.154. The van der Waals surface area contributed by atoms with Crippen molar-refractivity contribution in [2.75, 3.05) is 12.4 Å². The van der Waals surface area contributed by atoms with E-state index in [9.17, 15) is 14.5 Å². The number of rotatable bonds is 5. The molecule has 0 saturated carbocycles. The molecule has 0 saturated heterocycles. The largest absolute Gasteiger partial charge is 0.380 e. The second kappa shape index (κ2) is 6.07. The van der Waals surface area contributed by atoms with Gasteiger partial charge in [-0.05, 0) is 17.7 Å². The van der Waals surface area contributed by atoms with Gasteiger partial charge >= 0.3 is 5.69 Å². The van der Waals surface area contributed by atoms with Gasteiger partial charge in [-0.15, -0.1) is 0 Å². The maximum atomic E-state index is 13.1. The van der Waals surface area contributed by atoms with Crippen LogP contribution in [0.15, 0.2) is 36.4 Å². The molecule has 1 aromatic heterocycles. The van der Waals surface area contributed by atoms with Gasteiger partial charge in [-0.1, -0.05) is 12.1 Å². The minimum absolute atomic E-state index is 0.130. The summed E-state index contributed by atoms with van der Waals surface area (Å²) in [6.07, 6.45) is 0. The first-order valence-corrected chi connectivity index (χ1v) is 5.76. The summed E-state index contributed by atoms with van der Waals surface area (Å²) < 4.78 is 18.1. The molecule has 2 aromatic rings. The molecule has 6 nitrogen and oxygen atoms in total. The molecule has 0 aliphatic rings. The van der Waals surface area contributed by atoms with Gasteiger partial charge < -0.3 is 10.1 Å². The van der Waals surface area contributed by atoms with Gasteiger partial charge in [0.25, 0.3) is 0 Å². The Morgan fingerprint density at radius 2 is 2.00 bits per heavy atom. The Labute approximate surface area is 114 Å². The number of halogens is 1. The number of hydrogen-bond acceptors (Lipinski definition) is 5. The standard InChI is InChI=1S/C13H12FN3O3/c1-20-8-9-2-4-10(5-3-9)15-13-11(17(18)19)6-7-12(14)16-13/h2-7H,8H2,1H3,(H,15,16). The van der Waals surface area contributed by atoms with Crippen LogP contribution in [0.25, 0.3) is 0 Å². The van der Waals surface area contributed by atoms with E-state index in [2.05, 4.69) is 10.3 Å². The van der Waals surface area contributed by atoms with Crippen LogP contribution in [0.3, 0.4) is 0 Å². The Morgan fingerprint density at radius 1 is 1.30 bits per heavy atom. The average molecular weight is 277 g/mol. The summed E-state index contributed by atoms with van der Waals surface area (Å²) in [5.74, 6) is -0.913. The Kier molecular flexibility index (Phi) is 4.21. The second-order valence-corrected chi connectivity index (χ2v) is 4.01. The molecule has 20 heavy (non-hydrogen) atoms. The third-order valence-electron chi connectivity index (χ3n) is 2.56. The quantitative estimate of drug-likeness (QED) is 0.516. The van der Waals surface area contributed by atoms with Gasteiger partial charge in [-0.2, -0.15) is 9.37 Å². The SMILES string of the molecule is COCc1ccc(Nc2nc(F)ccc2[N+](=O)[O-])cc1. The smallest absolute Gasteiger partial charge is 0.311 e. The minimum atomic E-state index is -0.783. The third kappa shape index (κ3) is 3.27. The van der Waals surface area contributed by atoms with Crippen LogP contribution in [0.1, 0.15) is 5.56 Å². The maximum Gasteiger partial charge on any atom is 0.311 e. The van der Waals surface area contributed by atoms with Crippen molar-refractivity contribution in [1.29, 1.82) is 0 Å². The van der Waals surface area contributed by atoms with Gasteiger partial charge in [0.2, 0.25) is 11.8 Å². The van der Waals surface area contributed by atoms with Crippen LogP contribution >= 0.6 is 0 Å². The molecule has 104 valence electrons. The highest BCUT2D eigenvalue weighted by molar-refractivity contribution is 5.65. The first-order valence-electron chi connectivity index (χ1n) is 5.76. The van der Waals surface area contributed by atoms with Crippen molar-refractivity contribution >= 4 is 17.2 Å². The van der Waals surface area contributed by atoms with Crippen LogP contribution in [0.4, 0.5) is 21.6 Å². The predicted molar refractivity (Wildman–Crippen MR) is 71.3 cm³/mol. The van der Waals surface area contributed by atoms with Crippen LogP contribution in [0.2, 0.25) is 0 Å². The summed E-state index contributed by atoms with van der Waals surface area (Å²) in [5.41, 5.74) is 1.25. The van der Waals surface area contributed by atoms with Crippen molar-refractivity contribution < 1.29 is 14.1 Å². The molecule has 0 spiro atoms. The van der Waals surface area contributed by atoms with E-state index in [0.29, 0.717) is 12.3 Å². The van der Waals surface area contributed by atoms with Crippen LogP contribution in [-0.2, 0) is 11.3 Å². The van der Waals surface area contributed by atoms with Gasteiger partial charge in [0.05, 0.1) is 11.5 Å². The van der Waals surface area contributed by atoms with Crippen molar-refractivity contribution in [3.05, 3.63) is 58.0 Å². The Balaban J connectivity index is 2.25. The number of methoxy groups -OCH3 is 1. The highest BCUT2D eigenvalue weighted by Gasteiger charge is 2.16. The number of ether oxygens (including phenoxy) is 1. The van der Waals surface area contributed by atoms with Gasteiger partial charge in [0.15, 0.2) is 0 Å². The van der Waals surface area contributed by atoms with Gasteiger partial charge in [0, 0.05) is 24.9 Å². The molecule has 7 heteroatoms. The molecule has 1 N–H and O–H groups in total. The first-order chi connectivity index (χ1) is 9.60. The van der Waals surface area contributed by atoms with Crippen molar-refractivity contribution in [3.63, 3.8) is 0 Å². The zero-order valence-corrected chi connectivity index (χ0v) is 10.7. The molecule has 0 fully saturated rings. The van der Waals surface area contributed by atoms with E-state index in [1.165, 1.54) is 0 Å². The van der Waals surface area contributed by atoms with Crippen LogP contribution in [-0.4, -0.2) is 17.0 Å². The molecule has 0 bridgehead atoms. The molecule has 0 atom stereocenters. The Bertz CT molecular complexity index is 617. The van der Waals surface area contributed by atoms with E-state index in [0.717, 1.165) is 17.7 Å². The summed E-state index contributed by atoms with van der Waals surface area (Å²) >= 11 is 0. The highest BCUT2D eigenvalue weighted by Crippen LogP contribution is 2.25. The lowest BCUT2D eigenvalue weighted by atomic mass is 10.2. The Morgan fingerprint density at radius 3 is 2.60 bits per heavy atom. The molecule has 0 radical (unpaired) electrons. The number of aromatic nitrogens is 1. The lowest BCUT2D eigenvalue weighted by molar-refractivity contribution is -0.384. The van der Waals surface area contributed by atoms with Crippen molar-refractivity contribution in [2.24, 2.45) is 0 Å². The van der Waals surface area contributed by atoms with E-state index >= 15 is 0 Å². The topological polar surface area (TPSA) is 77.3 Å². The molecular weight excluding hydrogens is 265 g/mol.